The highest BCUT2D eigenvalue weighted by atomic mass is 79.9. The van der Waals surface area contributed by atoms with E-state index in [1.807, 2.05) is 0 Å². The highest BCUT2D eigenvalue weighted by Gasteiger charge is 2.33. The summed E-state index contributed by atoms with van der Waals surface area (Å²) in [6, 6.07) is 2.13. The largest absolute Gasteiger partial charge is 0.443 e. The van der Waals surface area contributed by atoms with E-state index in [2.05, 4.69) is 20.9 Å². The third kappa shape index (κ3) is 3.37. The second-order valence-electron chi connectivity index (χ2n) is 5.39. The molecule has 114 valence electrons. The number of rotatable bonds is 0. The third-order valence-electron chi connectivity index (χ3n) is 2.48. The summed E-state index contributed by atoms with van der Waals surface area (Å²) in [4.78, 5) is 15.6. The van der Waals surface area contributed by atoms with E-state index in [9.17, 15) is 18.0 Å². The van der Waals surface area contributed by atoms with Crippen LogP contribution in [0.3, 0.4) is 0 Å². The minimum Gasteiger partial charge on any atom is -0.443 e. The molecule has 0 fully saturated rings. The molecule has 2 aromatic rings. The number of halogens is 4. The first-order valence-corrected chi connectivity index (χ1v) is 6.76. The molecule has 0 radical (unpaired) electrons. The van der Waals surface area contributed by atoms with Crippen molar-refractivity contribution in [3.05, 3.63) is 28.5 Å². The lowest BCUT2D eigenvalue weighted by Gasteiger charge is -2.19. The second kappa shape index (κ2) is 5.01. The summed E-state index contributed by atoms with van der Waals surface area (Å²) in [6.07, 6.45) is -4.03. The van der Waals surface area contributed by atoms with Crippen LogP contribution in [0.15, 0.2) is 22.8 Å². The van der Waals surface area contributed by atoms with Crippen molar-refractivity contribution in [2.24, 2.45) is 0 Å². The number of nitrogens with zero attached hydrogens (tertiary/aromatic N) is 2. The van der Waals surface area contributed by atoms with Crippen molar-refractivity contribution in [3.8, 4) is 0 Å². The third-order valence-corrected chi connectivity index (χ3v) is 3.12. The van der Waals surface area contributed by atoms with Crippen LogP contribution in [0.25, 0.3) is 11.0 Å². The van der Waals surface area contributed by atoms with Gasteiger partial charge in [-0.1, -0.05) is 0 Å². The summed E-state index contributed by atoms with van der Waals surface area (Å²) < 4.78 is 44.8. The van der Waals surface area contributed by atoms with Gasteiger partial charge in [-0.05, 0) is 48.8 Å². The molecule has 0 spiro atoms. The number of alkyl halides is 3. The molecule has 0 bridgehead atoms. The summed E-state index contributed by atoms with van der Waals surface area (Å²) in [5.74, 6) is 0. The Kier molecular flexibility index (Phi) is 3.77. The fraction of sp³-hybridized carbons (Fsp3) is 0.385. The number of ether oxygens (including phenoxy) is 1. The summed E-state index contributed by atoms with van der Waals surface area (Å²) >= 11 is 3.19. The lowest BCUT2D eigenvalue weighted by molar-refractivity contribution is -0.141. The molecule has 0 atom stereocenters. The maximum Gasteiger partial charge on any atom is 0.433 e. The van der Waals surface area contributed by atoms with Gasteiger partial charge in [0.1, 0.15) is 11.3 Å². The van der Waals surface area contributed by atoms with E-state index >= 15 is 0 Å². The Morgan fingerprint density at radius 2 is 1.90 bits per heavy atom. The van der Waals surface area contributed by atoms with Crippen molar-refractivity contribution in [3.63, 3.8) is 0 Å². The number of hydrogen-bond donors (Lipinski definition) is 0. The van der Waals surface area contributed by atoms with Crippen LogP contribution in [0, 0.1) is 0 Å². The van der Waals surface area contributed by atoms with Gasteiger partial charge in [0.15, 0.2) is 5.65 Å². The van der Waals surface area contributed by atoms with Gasteiger partial charge in [-0.25, -0.2) is 14.3 Å². The first-order valence-electron chi connectivity index (χ1n) is 5.97. The molecule has 0 saturated heterocycles. The Bertz CT molecular complexity index is 702. The molecule has 0 aliphatic carbocycles. The number of pyridine rings is 1. The number of fused-ring (bicyclic) bond motifs is 1. The van der Waals surface area contributed by atoms with E-state index in [-0.39, 0.29) is 5.65 Å². The average molecular weight is 365 g/mol. The SMILES string of the molecule is CC(C)(C)OC(=O)n1cc(Br)c2ccc(C(F)(F)F)nc21. The zero-order valence-electron chi connectivity index (χ0n) is 11.5. The molecule has 0 unspecified atom stereocenters. The van der Waals surface area contributed by atoms with Crippen LogP contribution in [-0.2, 0) is 10.9 Å². The van der Waals surface area contributed by atoms with E-state index in [0.29, 0.717) is 9.86 Å². The van der Waals surface area contributed by atoms with Crippen LogP contribution in [-0.4, -0.2) is 21.2 Å². The van der Waals surface area contributed by atoms with Gasteiger partial charge < -0.3 is 4.74 Å². The van der Waals surface area contributed by atoms with E-state index in [0.717, 1.165) is 10.6 Å². The topological polar surface area (TPSA) is 44.1 Å². The Morgan fingerprint density at radius 3 is 2.43 bits per heavy atom. The van der Waals surface area contributed by atoms with Gasteiger partial charge >= 0.3 is 12.3 Å². The summed E-state index contributed by atoms with van der Waals surface area (Å²) in [5, 5.41) is 0.397. The van der Waals surface area contributed by atoms with E-state index in [4.69, 9.17) is 4.74 Å². The quantitative estimate of drug-likeness (QED) is 0.685. The first kappa shape index (κ1) is 15.8. The van der Waals surface area contributed by atoms with E-state index in [1.165, 1.54) is 12.3 Å². The molecule has 2 aromatic heterocycles. The van der Waals surface area contributed by atoms with Crippen LogP contribution in [0.5, 0.6) is 0 Å². The molecule has 0 aliphatic heterocycles. The number of hydrogen-bond acceptors (Lipinski definition) is 3. The second-order valence-corrected chi connectivity index (χ2v) is 6.25. The number of carbonyl (C=O) groups is 1. The Hall–Kier alpha value is -1.57. The Morgan fingerprint density at radius 1 is 1.29 bits per heavy atom. The van der Waals surface area contributed by atoms with Crippen molar-refractivity contribution < 1.29 is 22.7 Å². The van der Waals surface area contributed by atoms with Crippen LogP contribution < -0.4 is 0 Å². The lowest BCUT2D eigenvalue weighted by Crippen LogP contribution is -2.27. The summed E-state index contributed by atoms with van der Waals surface area (Å²) in [6.45, 7) is 5.00. The van der Waals surface area contributed by atoms with Gasteiger partial charge in [-0.3, -0.25) is 0 Å². The van der Waals surface area contributed by atoms with Gasteiger partial charge in [-0.2, -0.15) is 13.2 Å². The minimum atomic E-state index is -4.58. The normalized spacial score (nSPS) is 12.7. The van der Waals surface area contributed by atoms with Gasteiger partial charge in [0, 0.05) is 16.1 Å². The van der Waals surface area contributed by atoms with Gasteiger partial charge in [0.05, 0.1) is 0 Å². The molecule has 4 nitrogen and oxygen atoms in total. The summed E-state index contributed by atoms with van der Waals surface area (Å²) in [5.41, 5.74) is -1.93. The van der Waals surface area contributed by atoms with Crippen molar-refractivity contribution in [2.75, 3.05) is 0 Å². The molecular weight excluding hydrogens is 353 g/mol. The van der Waals surface area contributed by atoms with Gasteiger partial charge in [-0.15, -0.1) is 0 Å². The van der Waals surface area contributed by atoms with Crippen molar-refractivity contribution in [2.45, 2.75) is 32.5 Å². The predicted octanol–water partition coefficient (Wildman–Crippen LogP) is 4.60. The summed E-state index contributed by atoms with van der Waals surface area (Å²) in [7, 11) is 0. The zero-order valence-corrected chi connectivity index (χ0v) is 13.0. The fourth-order valence-electron chi connectivity index (χ4n) is 1.67. The molecule has 0 aliphatic rings. The van der Waals surface area contributed by atoms with Crippen molar-refractivity contribution in [1.82, 2.24) is 9.55 Å². The number of carbonyl (C=O) groups excluding carboxylic acids is 1. The fourth-order valence-corrected chi connectivity index (χ4v) is 2.18. The Balaban J connectivity index is 2.56. The molecule has 0 aromatic carbocycles. The highest BCUT2D eigenvalue weighted by Crippen LogP contribution is 2.32. The monoisotopic (exact) mass is 364 g/mol. The molecule has 2 rings (SSSR count). The molecule has 8 heteroatoms. The lowest BCUT2D eigenvalue weighted by atomic mass is 10.2. The first-order chi connectivity index (χ1) is 9.49. The minimum absolute atomic E-state index is 0.106. The van der Waals surface area contributed by atoms with Crippen LogP contribution >= 0.6 is 15.9 Å². The maximum absolute atomic E-state index is 12.7. The molecule has 0 N–H and O–H groups in total. The highest BCUT2D eigenvalue weighted by molar-refractivity contribution is 9.10. The predicted molar refractivity (Wildman–Crippen MR) is 74.1 cm³/mol. The molecular formula is C13H12BrF3N2O2. The molecule has 0 amide bonds. The van der Waals surface area contributed by atoms with E-state index in [1.54, 1.807) is 20.8 Å². The Labute approximate surface area is 127 Å². The van der Waals surface area contributed by atoms with Crippen molar-refractivity contribution >= 4 is 33.1 Å². The maximum atomic E-state index is 12.7. The smallest absolute Gasteiger partial charge is 0.433 e. The molecule has 21 heavy (non-hydrogen) atoms. The van der Waals surface area contributed by atoms with Crippen LogP contribution in [0.1, 0.15) is 26.5 Å². The van der Waals surface area contributed by atoms with Crippen LogP contribution in [0.4, 0.5) is 18.0 Å². The standard InChI is InChI=1S/C13H12BrF3N2O2/c1-12(2,3)21-11(20)19-6-8(14)7-4-5-9(13(15,16)17)18-10(7)19/h4-6H,1-3H3. The average Bonchev–Trinajstić information content (AvgIpc) is 2.63. The number of aromatic nitrogens is 2. The zero-order chi connectivity index (χ0) is 16.0. The van der Waals surface area contributed by atoms with E-state index < -0.39 is 23.6 Å². The molecule has 2 heterocycles. The van der Waals surface area contributed by atoms with Crippen LogP contribution in [0.2, 0.25) is 0 Å². The van der Waals surface area contributed by atoms with Gasteiger partial charge in [0.25, 0.3) is 0 Å². The van der Waals surface area contributed by atoms with Gasteiger partial charge in [0.2, 0.25) is 0 Å². The van der Waals surface area contributed by atoms with Crippen molar-refractivity contribution in [1.29, 1.82) is 0 Å². The molecule has 0 saturated carbocycles.